The summed E-state index contributed by atoms with van der Waals surface area (Å²) in [6.45, 7) is 9.92. The molecule has 130 valence electrons. The summed E-state index contributed by atoms with van der Waals surface area (Å²) in [4.78, 5) is 36.9. The number of imide groups is 1. The second-order valence-corrected chi connectivity index (χ2v) is 6.92. The summed E-state index contributed by atoms with van der Waals surface area (Å²) >= 11 is 0. The average Bonchev–Trinajstić information content (AvgIpc) is 2.77. The quantitative estimate of drug-likeness (QED) is 0.615. The van der Waals surface area contributed by atoms with Gasteiger partial charge in [0.1, 0.15) is 11.6 Å². The van der Waals surface area contributed by atoms with Gasteiger partial charge in [0.15, 0.2) is 0 Å². The van der Waals surface area contributed by atoms with Crippen molar-refractivity contribution in [3.63, 3.8) is 0 Å². The Bertz CT molecular complexity index is 479. The second kappa shape index (κ2) is 8.24. The van der Waals surface area contributed by atoms with Crippen LogP contribution in [0.25, 0.3) is 0 Å². The third-order valence-corrected chi connectivity index (χ3v) is 3.52. The highest BCUT2D eigenvalue weighted by atomic mass is 16.6. The fraction of sp³-hybridized carbons (Fsp3) is 0.706. The highest BCUT2D eigenvalue weighted by Gasteiger charge is 2.38. The average molecular weight is 324 g/mol. The van der Waals surface area contributed by atoms with E-state index < -0.39 is 5.60 Å². The minimum Gasteiger partial charge on any atom is -0.459 e. The lowest BCUT2D eigenvalue weighted by Crippen LogP contribution is -2.42. The van der Waals surface area contributed by atoms with Crippen molar-refractivity contribution in [3.8, 4) is 0 Å². The summed E-state index contributed by atoms with van der Waals surface area (Å²) in [6.07, 6.45) is 4.92. The number of esters is 1. The van der Waals surface area contributed by atoms with Crippen LogP contribution >= 0.6 is 0 Å². The van der Waals surface area contributed by atoms with Crippen molar-refractivity contribution in [2.45, 2.75) is 59.1 Å². The van der Waals surface area contributed by atoms with Crippen molar-refractivity contribution in [1.82, 2.24) is 10.2 Å². The number of hydrogen-bond donors (Lipinski definition) is 1. The van der Waals surface area contributed by atoms with Gasteiger partial charge >= 0.3 is 5.97 Å². The van der Waals surface area contributed by atoms with E-state index in [0.717, 1.165) is 0 Å². The zero-order valence-corrected chi connectivity index (χ0v) is 14.7. The summed E-state index contributed by atoms with van der Waals surface area (Å²) in [7, 11) is 0. The smallest absolute Gasteiger partial charge is 0.323 e. The van der Waals surface area contributed by atoms with Gasteiger partial charge in [0.2, 0.25) is 11.8 Å². The molecule has 1 aliphatic rings. The van der Waals surface area contributed by atoms with Gasteiger partial charge in [-0.2, -0.15) is 0 Å². The van der Waals surface area contributed by atoms with E-state index in [1.54, 1.807) is 0 Å². The van der Waals surface area contributed by atoms with Crippen molar-refractivity contribution in [1.29, 1.82) is 0 Å². The molecule has 1 aliphatic heterocycles. The second-order valence-electron chi connectivity index (χ2n) is 6.92. The van der Waals surface area contributed by atoms with Gasteiger partial charge in [-0.1, -0.05) is 12.2 Å². The van der Waals surface area contributed by atoms with Gasteiger partial charge in [-0.25, -0.2) is 0 Å². The Hall–Kier alpha value is -1.69. The van der Waals surface area contributed by atoms with E-state index in [9.17, 15) is 14.4 Å². The number of likely N-dealkylation sites (tertiary alicyclic amines) is 1. The van der Waals surface area contributed by atoms with E-state index in [-0.39, 0.29) is 36.2 Å². The minimum atomic E-state index is -0.534. The lowest BCUT2D eigenvalue weighted by molar-refractivity contribution is -0.160. The molecule has 1 heterocycles. The van der Waals surface area contributed by atoms with E-state index in [0.29, 0.717) is 19.5 Å². The topological polar surface area (TPSA) is 75.7 Å². The number of amides is 2. The fourth-order valence-corrected chi connectivity index (χ4v) is 2.72. The molecule has 0 aromatic carbocycles. The van der Waals surface area contributed by atoms with Crippen molar-refractivity contribution < 1.29 is 19.1 Å². The van der Waals surface area contributed by atoms with Crippen LogP contribution in [0.1, 0.15) is 47.5 Å². The van der Waals surface area contributed by atoms with Crippen LogP contribution in [-0.2, 0) is 19.1 Å². The van der Waals surface area contributed by atoms with Crippen LogP contribution in [0, 0.1) is 5.92 Å². The molecule has 0 spiro atoms. The first kappa shape index (κ1) is 19.4. The van der Waals surface area contributed by atoms with Gasteiger partial charge in [0, 0.05) is 26.4 Å². The number of hydrogen-bond acceptors (Lipinski definition) is 5. The third kappa shape index (κ3) is 6.95. The van der Waals surface area contributed by atoms with Crippen molar-refractivity contribution >= 4 is 17.8 Å². The molecule has 23 heavy (non-hydrogen) atoms. The number of nitrogens with zero attached hydrogens (tertiary/aromatic N) is 1. The maximum atomic E-state index is 12.4. The number of allylic oxidation sites excluding steroid dienone is 1. The molecule has 2 amide bonds. The van der Waals surface area contributed by atoms with Crippen LogP contribution in [-0.4, -0.2) is 47.4 Å². The van der Waals surface area contributed by atoms with Gasteiger partial charge in [-0.15, -0.1) is 0 Å². The Balaban J connectivity index is 2.69. The van der Waals surface area contributed by atoms with Crippen LogP contribution in [0.3, 0.4) is 0 Å². The number of nitrogens with one attached hydrogen (secondary N) is 1. The molecule has 0 aromatic heterocycles. The van der Waals surface area contributed by atoms with Gasteiger partial charge in [0.25, 0.3) is 0 Å². The Labute approximate surface area is 138 Å². The van der Waals surface area contributed by atoms with E-state index in [1.807, 2.05) is 38.7 Å². The monoisotopic (exact) mass is 324 g/mol. The van der Waals surface area contributed by atoms with Gasteiger partial charge < -0.3 is 4.74 Å². The lowest BCUT2D eigenvalue weighted by atomic mass is 10.1. The minimum absolute atomic E-state index is 0.182. The molecule has 2 unspecified atom stereocenters. The largest absolute Gasteiger partial charge is 0.459 e. The molecule has 1 fully saturated rings. The van der Waals surface area contributed by atoms with E-state index in [1.165, 1.54) is 6.92 Å². The van der Waals surface area contributed by atoms with Gasteiger partial charge in [-0.05, 0) is 40.0 Å². The number of carbonyl (C=O) groups is 3. The third-order valence-electron chi connectivity index (χ3n) is 3.52. The molecule has 2 atom stereocenters. The molecule has 1 rings (SSSR count). The molecule has 0 bridgehead atoms. The van der Waals surface area contributed by atoms with Crippen LogP contribution in [0.2, 0.25) is 0 Å². The Morgan fingerprint density at radius 3 is 2.48 bits per heavy atom. The van der Waals surface area contributed by atoms with E-state index in [4.69, 9.17) is 4.74 Å². The number of rotatable bonds is 5. The first-order valence-corrected chi connectivity index (χ1v) is 8.02. The Morgan fingerprint density at radius 1 is 1.30 bits per heavy atom. The summed E-state index contributed by atoms with van der Waals surface area (Å²) in [5.41, 5.74) is -0.534. The van der Waals surface area contributed by atoms with Crippen LogP contribution < -0.4 is 5.32 Å². The molecule has 6 heteroatoms. The van der Waals surface area contributed by atoms with E-state index in [2.05, 4.69) is 11.4 Å². The molecular formula is C17H28N2O4. The Kier molecular flexibility index (Phi) is 6.94. The van der Waals surface area contributed by atoms with E-state index >= 15 is 0 Å². The highest BCUT2D eigenvalue weighted by Crippen LogP contribution is 2.26. The summed E-state index contributed by atoms with van der Waals surface area (Å²) < 4.78 is 5.49. The maximum absolute atomic E-state index is 12.4. The SMILES string of the molecule is C/C=C\C1CC(C(=O)OC(C)(C)C)N(CCC(=O)NC(C)=O)C1. The lowest BCUT2D eigenvalue weighted by Gasteiger charge is -2.27. The predicted molar refractivity (Wildman–Crippen MR) is 87.6 cm³/mol. The molecule has 1 N–H and O–H groups in total. The van der Waals surface area contributed by atoms with Crippen molar-refractivity contribution in [2.24, 2.45) is 5.92 Å². The zero-order valence-electron chi connectivity index (χ0n) is 14.7. The fourth-order valence-electron chi connectivity index (χ4n) is 2.72. The molecule has 6 nitrogen and oxygen atoms in total. The molecule has 0 radical (unpaired) electrons. The number of ether oxygens (including phenoxy) is 1. The Morgan fingerprint density at radius 2 is 1.96 bits per heavy atom. The molecule has 0 saturated carbocycles. The van der Waals surface area contributed by atoms with Crippen LogP contribution in [0.15, 0.2) is 12.2 Å². The maximum Gasteiger partial charge on any atom is 0.323 e. The van der Waals surface area contributed by atoms with Gasteiger partial charge in [-0.3, -0.25) is 24.6 Å². The first-order chi connectivity index (χ1) is 10.6. The number of carbonyl (C=O) groups excluding carboxylic acids is 3. The van der Waals surface area contributed by atoms with Crippen LogP contribution in [0.4, 0.5) is 0 Å². The molecule has 0 aromatic rings. The first-order valence-electron chi connectivity index (χ1n) is 8.02. The summed E-state index contributed by atoms with van der Waals surface area (Å²) in [5.74, 6) is -0.674. The highest BCUT2D eigenvalue weighted by molar-refractivity contribution is 5.94. The standard InChI is InChI=1S/C17H28N2O4/c1-6-7-13-10-14(16(22)23-17(3,4)5)19(11-13)9-8-15(21)18-12(2)20/h6-7,13-14H,8-11H2,1-5H3,(H,18,20,21)/b7-6-. The molecule has 1 saturated heterocycles. The van der Waals surface area contributed by atoms with Crippen molar-refractivity contribution in [3.05, 3.63) is 12.2 Å². The normalized spacial score (nSPS) is 22.3. The molecular weight excluding hydrogens is 296 g/mol. The van der Waals surface area contributed by atoms with Gasteiger partial charge in [0.05, 0.1) is 0 Å². The molecule has 0 aliphatic carbocycles. The predicted octanol–water partition coefficient (Wildman–Crippen LogP) is 1.65. The zero-order chi connectivity index (χ0) is 17.6. The summed E-state index contributed by atoms with van der Waals surface area (Å²) in [5, 5.41) is 2.25. The van der Waals surface area contributed by atoms with Crippen LogP contribution in [0.5, 0.6) is 0 Å². The van der Waals surface area contributed by atoms with Crippen molar-refractivity contribution in [2.75, 3.05) is 13.1 Å². The summed E-state index contributed by atoms with van der Waals surface area (Å²) in [6, 6.07) is -0.347.